The van der Waals surface area contributed by atoms with Crippen molar-refractivity contribution in [1.29, 1.82) is 0 Å². The van der Waals surface area contributed by atoms with Gasteiger partial charge >= 0.3 is 7.48 Å². The Kier molecular flexibility index (Phi) is 4.51. The van der Waals surface area contributed by atoms with E-state index in [4.69, 9.17) is 16.3 Å². The molecule has 0 bridgehead atoms. The highest BCUT2D eigenvalue weighted by molar-refractivity contribution is 7.26. The maximum absolute atomic E-state index is 10.4. The first-order chi connectivity index (χ1) is 12.7. The van der Waals surface area contributed by atoms with E-state index in [1.165, 1.54) is 20.9 Å². The van der Waals surface area contributed by atoms with Crippen molar-refractivity contribution in [2.45, 2.75) is 38.9 Å². The summed E-state index contributed by atoms with van der Waals surface area (Å²) in [6, 6.07) is 16.7. The molecule has 0 saturated carbocycles. The van der Waals surface area contributed by atoms with Gasteiger partial charge in [-0.3, -0.25) is 0 Å². The molecule has 27 heavy (non-hydrogen) atoms. The van der Waals surface area contributed by atoms with Gasteiger partial charge in [-0.2, -0.15) is 0 Å². The number of hydrogen-bond acceptors (Lipinski definition) is 3. The lowest BCUT2D eigenvalue weighted by atomic mass is 9.80. The molecule has 0 unspecified atom stereocenters. The summed E-state index contributed by atoms with van der Waals surface area (Å²) >= 11 is 8.21. The van der Waals surface area contributed by atoms with Gasteiger partial charge in [-0.05, 0) is 67.5 Å². The monoisotopic (exact) mass is 395 g/mol. The van der Waals surface area contributed by atoms with E-state index in [0.717, 1.165) is 20.6 Å². The van der Waals surface area contributed by atoms with Gasteiger partial charge in [0, 0.05) is 10.1 Å². The van der Waals surface area contributed by atoms with Crippen molar-refractivity contribution < 1.29 is 9.76 Å². The highest BCUT2D eigenvalue weighted by Gasteiger charge is 2.36. The molecule has 0 aliphatic heterocycles. The molecule has 1 heterocycles. The molecule has 0 aliphatic carbocycles. The zero-order valence-electron chi connectivity index (χ0n) is 15.8. The van der Waals surface area contributed by atoms with Crippen LogP contribution in [0.1, 0.15) is 27.7 Å². The van der Waals surface area contributed by atoms with Crippen molar-refractivity contribution in [1.82, 2.24) is 0 Å². The molecule has 1 radical (unpaired) electrons. The third kappa shape index (κ3) is 3.25. The van der Waals surface area contributed by atoms with Crippen molar-refractivity contribution in [3.8, 4) is 0 Å². The lowest BCUT2D eigenvalue weighted by molar-refractivity contribution is -0.0893. The van der Waals surface area contributed by atoms with Gasteiger partial charge < -0.3 is 9.76 Å². The average Bonchev–Trinajstić information content (AvgIpc) is 2.98. The Morgan fingerprint density at radius 2 is 1.67 bits per heavy atom. The van der Waals surface area contributed by atoms with Gasteiger partial charge in [-0.15, -0.1) is 11.3 Å². The first-order valence-corrected chi connectivity index (χ1v) is 10.1. The minimum absolute atomic E-state index is 0.725. The van der Waals surface area contributed by atoms with E-state index in [-0.39, 0.29) is 0 Å². The molecule has 0 saturated heterocycles. The highest BCUT2D eigenvalue weighted by Crippen LogP contribution is 2.39. The normalized spacial score (nSPS) is 13.0. The summed E-state index contributed by atoms with van der Waals surface area (Å²) in [7, 11) is 1.75. The third-order valence-electron chi connectivity index (χ3n) is 5.43. The first-order valence-electron chi connectivity index (χ1n) is 8.94. The van der Waals surface area contributed by atoms with Crippen LogP contribution in [0.3, 0.4) is 0 Å². The summed E-state index contributed by atoms with van der Waals surface area (Å²) in [6.45, 7) is 7.28. The number of halogens is 1. The van der Waals surface area contributed by atoms with Crippen LogP contribution in [0.2, 0.25) is 5.02 Å². The van der Waals surface area contributed by atoms with Crippen LogP contribution in [-0.2, 0) is 4.65 Å². The SMILES string of the molecule is CC(C)(O)C(C)(C)O[B]c1ccc(Cl)c2sc3cc4ccccc4cc3c12. The molecule has 0 fully saturated rings. The Morgan fingerprint density at radius 1 is 1.00 bits per heavy atom. The number of rotatable bonds is 4. The maximum atomic E-state index is 10.4. The molecule has 1 aromatic heterocycles. The quantitative estimate of drug-likeness (QED) is 0.451. The Morgan fingerprint density at radius 3 is 2.33 bits per heavy atom. The molecule has 2 nitrogen and oxygen atoms in total. The lowest BCUT2D eigenvalue weighted by Gasteiger charge is -2.37. The molecule has 0 spiro atoms. The van der Waals surface area contributed by atoms with E-state index in [1.807, 2.05) is 26.0 Å². The number of fused-ring (bicyclic) bond motifs is 4. The van der Waals surface area contributed by atoms with Crippen molar-refractivity contribution in [2.75, 3.05) is 0 Å². The second-order valence-corrected chi connectivity index (χ2v) is 9.40. The van der Waals surface area contributed by atoms with Crippen molar-refractivity contribution in [3.63, 3.8) is 0 Å². The fraction of sp³-hybridized carbons (Fsp3) is 0.273. The smallest absolute Gasteiger partial charge is 0.331 e. The second kappa shape index (κ2) is 6.49. The van der Waals surface area contributed by atoms with E-state index >= 15 is 0 Å². The number of aliphatic hydroxyl groups is 1. The minimum Gasteiger partial charge on any atom is -0.427 e. The fourth-order valence-electron chi connectivity index (χ4n) is 3.01. The number of benzene rings is 3. The number of thiophene rings is 1. The van der Waals surface area contributed by atoms with E-state index in [9.17, 15) is 5.11 Å². The van der Waals surface area contributed by atoms with E-state index in [1.54, 1.807) is 32.7 Å². The molecular weight excluding hydrogens is 375 g/mol. The molecule has 0 atom stereocenters. The number of hydrogen-bond donors (Lipinski definition) is 1. The van der Waals surface area contributed by atoms with Crippen LogP contribution in [0.15, 0.2) is 48.5 Å². The Bertz CT molecular complexity index is 1160. The standard InChI is InChI=1S/C22H21BClO2S/c1-21(2,25)22(3,4)26-23-16-9-10-17(24)20-19(16)15-11-13-7-5-6-8-14(13)12-18(15)27-20/h5-12,25H,1-4H3. The maximum Gasteiger partial charge on any atom is 0.331 e. The van der Waals surface area contributed by atoms with Crippen molar-refractivity contribution in [3.05, 3.63) is 53.6 Å². The molecule has 3 aromatic carbocycles. The van der Waals surface area contributed by atoms with Gasteiger partial charge in [0.25, 0.3) is 0 Å². The molecule has 0 aliphatic rings. The second-order valence-electron chi connectivity index (χ2n) is 7.94. The largest absolute Gasteiger partial charge is 0.427 e. The van der Waals surface area contributed by atoms with E-state index in [0.29, 0.717) is 0 Å². The lowest BCUT2D eigenvalue weighted by Crippen LogP contribution is -2.49. The van der Waals surface area contributed by atoms with E-state index < -0.39 is 11.2 Å². The summed E-state index contributed by atoms with van der Waals surface area (Å²) in [5, 5.41) is 15.8. The van der Waals surface area contributed by atoms with Crippen LogP contribution in [0, 0.1) is 0 Å². The van der Waals surface area contributed by atoms with Crippen LogP contribution in [-0.4, -0.2) is 23.8 Å². The molecule has 5 heteroatoms. The predicted octanol–water partition coefficient (Wildman–Crippen LogP) is 5.67. The van der Waals surface area contributed by atoms with Gasteiger partial charge in [0.2, 0.25) is 0 Å². The predicted molar refractivity (Wildman–Crippen MR) is 119 cm³/mol. The third-order valence-corrected chi connectivity index (χ3v) is 7.04. The Hall–Kier alpha value is -1.59. The summed E-state index contributed by atoms with van der Waals surface area (Å²) in [5.74, 6) is 0. The summed E-state index contributed by atoms with van der Waals surface area (Å²) in [6.07, 6.45) is 0. The van der Waals surface area contributed by atoms with Crippen LogP contribution >= 0.6 is 22.9 Å². The van der Waals surface area contributed by atoms with Crippen LogP contribution < -0.4 is 5.46 Å². The van der Waals surface area contributed by atoms with Crippen molar-refractivity contribution >= 4 is 66.8 Å². The molecule has 1 N–H and O–H groups in total. The summed E-state index contributed by atoms with van der Waals surface area (Å²) < 4.78 is 8.28. The average molecular weight is 396 g/mol. The summed E-state index contributed by atoms with van der Waals surface area (Å²) in [4.78, 5) is 0. The van der Waals surface area contributed by atoms with Crippen LogP contribution in [0.25, 0.3) is 30.9 Å². The first kappa shape index (κ1) is 18.8. The van der Waals surface area contributed by atoms with Crippen molar-refractivity contribution in [2.24, 2.45) is 0 Å². The van der Waals surface area contributed by atoms with Gasteiger partial charge in [0.15, 0.2) is 0 Å². The zero-order valence-corrected chi connectivity index (χ0v) is 17.4. The minimum atomic E-state index is -0.970. The zero-order chi connectivity index (χ0) is 19.4. The molecule has 4 rings (SSSR count). The van der Waals surface area contributed by atoms with Gasteiger partial charge in [0.1, 0.15) is 0 Å². The fourth-order valence-corrected chi connectivity index (χ4v) is 4.46. The summed E-state index contributed by atoms with van der Waals surface area (Å²) in [5.41, 5.74) is -0.729. The molecule has 137 valence electrons. The molecular formula is C22H21BClO2S. The van der Waals surface area contributed by atoms with Crippen LogP contribution in [0.5, 0.6) is 0 Å². The van der Waals surface area contributed by atoms with Gasteiger partial charge in [-0.25, -0.2) is 0 Å². The molecule has 0 amide bonds. The molecule has 4 aromatic rings. The highest BCUT2D eigenvalue weighted by atomic mass is 35.5. The van der Waals surface area contributed by atoms with Crippen LogP contribution in [0.4, 0.5) is 0 Å². The van der Waals surface area contributed by atoms with Gasteiger partial charge in [0.05, 0.1) is 20.9 Å². The van der Waals surface area contributed by atoms with E-state index in [2.05, 4.69) is 36.4 Å². The Balaban J connectivity index is 1.88. The topological polar surface area (TPSA) is 29.5 Å². The Labute approximate surface area is 169 Å². The van der Waals surface area contributed by atoms with Gasteiger partial charge in [-0.1, -0.05) is 41.9 Å².